The van der Waals surface area contributed by atoms with Crippen LogP contribution in [0, 0.1) is 0 Å². The maximum Gasteiger partial charge on any atom is 0.242 e. The van der Waals surface area contributed by atoms with Gasteiger partial charge in [-0.3, -0.25) is 4.79 Å². The van der Waals surface area contributed by atoms with Gasteiger partial charge in [0, 0.05) is 36.9 Å². The third kappa shape index (κ3) is 3.06. The fraction of sp³-hybridized carbons (Fsp3) is 0.688. The number of carbonyl (C=O) groups is 1. The van der Waals surface area contributed by atoms with Crippen molar-refractivity contribution in [3.8, 4) is 0 Å². The first kappa shape index (κ1) is 15.2. The van der Waals surface area contributed by atoms with E-state index in [0.717, 1.165) is 5.69 Å². The average Bonchev–Trinajstić information content (AvgIpc) is 3.17. The second-order valence-corrected chi connectivity index (χ2v) is 6.32. The van der Waals surface area contributed by atoms with Crippen LogP contribution >= 0.6 is 0 Å². The lowest BCUT2D eigenvalue weighted by Crippen LogP contribution is -2.44. The average molecular weight is 303 g/mol. The topological polar surface area (TPSA) is 84.1 Å². The summed E-state index contributed by atoms with van der Waals surface area (Å²) >= 11 is 0. The molecule has 3 rings (SSSR count). The zero-order valence-corrected chi connectivity index (χ0v) is 13.2. The Bertz CT molecular complexity index is 529. The lowest BCUT2D eigenvalue weighted by atomic mass is 10.0. The molecule has 0 unspecified atom stereocenters. The number of amides is 1. The van der Waals surface area contributed by atoms with Crippen LogP contribution in [0.25, 0.3) is 0 Å². The Morgan fingerprint density at radius 3 is 2.95 bits per heavy atom. The Balaban J connectivity index is 1.81. The van der Waals surface area contributed by atoms with Crippen LogP contribution in [0.3, 0.4) is 0 Å². The highest BCUT2D eigenvalue weighted by molar-refractivity contribution is 5.85. The summed E-state index contributed by atoms with van der Waals surface area (Å²) in [5.41, 5.74) is 7.18. The van der Waals surface area contributed by atoms with Gasteiger partial charge in [0.05, 0.1) is 0 Å². The molecule has 0 radical (unpaired) electrons. The maximum atomic E-state index is 12.3. The minimum Gasteiger partial charge on any atom is -0.355 e. The molecule has 2 heterocycles. The van der Waals surface area contributed by atoms with Crippen molar-refractivity contribution in [2.24, 2.45) is 5.73 Å². The number of rotatable bonds is 4. The van der Waals surface area contributed by atoms with E-state index in [2.05, 4.69) is 10.3 Å². The molecule has 1 amide bonds. The second-order valence-electron chi connectivity index (χ2n) is 6.32. The first-order valence-corrected chi connectivity index (χ1v) is 8.32. The van der Waals surface area contributed by atoms with Crippen LogP contribution in [0.15, 0.2) is 12.3 Å². The number of hydrogen-bond acceptors (Lipinski definition) is 5. The maximum absolute atomic E-state index is 12.3. The second kappa shape index (κ2) is 6.60. The molecule has 1 saturated heterocycles. The monoisotopic (exact) mass is 303 g/mol. The van der Waals surface area contributed by atoms with Crippen molar-refractivity contribution in [1.29, 1.82) is 0 Å². The van der Waals surface area contributed by atoms with E-state index in [1.54, 1.807) is 0 Å². The predicted octanol–water partition coefficient (Wildman–Crippen LogP) is 1.18. The van der Waals surface area contributed by atoms with E-state index in [0.29, 0.717) is 31.4 Å². The zero-order chi connectivity index (χ0) is 15.5. The smallest absolute Gasteiger partial charge is 0.242 e. The minimum atomic E-state index is -0.256. The highest BCUT2D eigenvalue weighted by atomic mass is 16.2. The molecule has 0 bridgehead atoms. The van der Waals surface area contributed by atoms with E-state index in [-0.39, 0.29) is 18.0 Å². The molecule has 1 aromatic heterocycles. The van der Waals surface area contributed by atoms with E-state index in [9.17, 15) is 4.79 Å². The van der Waals surface area contributed by atoms with E-state index in [4.69, 9.17) is 10.7 Å². The van der Waals surface area contributed by atoms with Crippen LogP contribution in [-0.4, -0.2) is 41.0 Å². The molecular formula is C16H25N5O. The van der Waals surface area contributed by atoms with Crippen LogP contribution < -0.4 is 16.0 Å². The molecule has 1 aromatic rings. The first-order valence-electron chi connectivity index (χ1n) is 8.32. The molecule has 0 aromatic carbocycles. The number of nitrogens with zero attached hydrogens (tertiary/aromatic N) is 3. The van der Waals surface area contributed by atoms with Gasteiger partial charge >= 0.3 is 0 Å². The van der Waals surface area contributed by atoms with Gasteiger partial charge in [-0.2, -0.15) is 0 Å². The standard InChI is InChI=1S/C16H25N5O/c1-2-18-15(22)14-9-12(17)10-21(14)16-19-8-7-13(20-16)11-5-3-4-6-11/h7-8,11-12,14H,2-6,9-10,17H2,1H3,(H,18,22)/t12-,14+/m1/s1. The molecule has 0 spiro atoms. The molecule has 120 valence electrons. The molecule has 6 heteroatoms. The van der Waals surface area contributed by atoms with Crippen molar-refractivity contribution in [1.82, 2.24) is 15.3 Å². The Kier molecular flexibility index (Phi) is 4.57. The van der Waals surface area contributed by atoms with Gasteiger partial charge in [-0.15, -0.1) is 0 Å². The molecule has 2 atom stereocenters. The van der Waals surface area contributed by atoms with Gasteiger partial charge in [0.25, 0.3) is 0 Å². The molecule has 3 N–H and O–H groups in total. The summed E-state index contributed by atoms with van der Waals surface area (Å²) in [7, 11) is 0. The fourth-order valence-electron chi connectivity index (χ4n) is 3.58. The van der Waals surface area contributed by atoms with Crippen molar-refractivity contribution in [3.05, 3.63) is 18.0 Å². The van der Waals surface area contributed by atoms with Gasteiger partial charge < -0.3 is 16.0 Å². The molecule has 6 nitrogen and oxygen atoms in total. The Morgan fingerprint density at radius 1 is 1.45 bits per heavy atom. The quantitative estimate of drug-likeness (QED) is 0.872. The molecule has 1 saturated carbocycles. The third-order valence-electron chi connectivity index (χ3n) is 4.68. The number of aromatic nitrogens is 2. The van der Waals surface area contributed by atoms with Crippen LogP contribution in [-0.2, 0) is 4.79 Å². The summed E-state index contributed by atoms with van der Waals surface area (Å²) in [5.74, 6) is 1.21. The van der Waals surface area contributed by atoms with Crippen LogP contribution in [0.5, 0.6) is 0 Å². The minimum absolute atomic E-state index is 0.00802. The normalized spacial score (nSPS) is 25.6. The lowest BCUT2D eigenvalue weighted by molar-refractivity contribution is -0.122. The zero-order valence-electron chi connectivity index (χ0n) is 13.2. The summed E-state index contributed by atoms with van der Waals surface area (Å²) in [6, 6.07) is 1.75. The van der Waals surface area contributed by atoms with Crippen molar-refractivity contribution in [2.75, 3.05) is 18.0 Å². The van der Waals surface area contributed by atoms with Crippen molar-refractivity contribution >= 4 is 11.9 Å². The van der Waals surface area contributed by atoms with Crippen LogP contribution in [0.4, 0.5) is 5.95 Å². The number of likely N-dealkylation sites (N-methyl/N-ethyl adjacent to an activating group) is 1. The van der Waals surface area contributed by atoms with Crippen LogP contribution in [0.1, 0.15) is 50.6 Å². The first-order chi connectivity index (χ1) is 10.7. The van der Waals surface area contributed by atoms with Gasteiger partial charge in [0.2, 0.25) is 11.9 Å². The number of nitrogens with two attached hydrogens (primary N) is 1. The molecule has 2 aliphatic rings. The summed E-state index contributed by atoms with van der Waals surface area (Å²) in [4.78, 5) is 23.4. The summed E-state index contributed by atoms with van der Waals surface area (Å²) in [5, 5.41) is 2.89. The number of carbonyl (C=O) groups excluding carboxylic acids is 1. The van der Waals surface area contributed by atoms with E-state index in [1.165, 1.54) is 25.7 Å². The SMILES string of the molecule is CCNC(=O)[C@@H]1C[C@@H](N)CN1c1nccc(C2CCCC2)n1. The molecule has 1 aliphatic carbocycles. The van der Waals surface area contributed by atoms with Crippen molar-refractivity contribution < 1.29 is 4.79 Å². The van der Waals surface area contributed by atoms with Gasteiger partial charge in [-0.1, -0.05) is 12.8 Å². The molecule has 22 heavy (non-hydrogen) atoms. The summed E-state index contributed by atoms with van der Waals surface area (Å²) in [6.45, 7) is 3.19. The Hall–Kier alpha value is -1.69. The van der Waals surface area contributed by atoms with Crippen molar-refractivity contribution in [2.45, 2.75) is 57.0 Å². The summed E-state index contributed by atoms with van der Waals surface area (Å²) in [6.07, 6.45) is 7.43. The molecule has 1 aliphatic heterocycles. The number of anilines is 1. The summed E-state index contributed by atoms with van der Waals surface area (Å²) < 4.78 is 0. The lowest BCUT2D eigenvalue weighted by Gasteiger charge is -2.24. The highest BCUT2D eigenvalue weighted by Gasteiger charge is 2.36. The molecular weight excluding hydrogens is 278 g/mol. The van der Waals surface area contributed by atoms with Crippen molar-refractivity contribution in [3.63, 3.8) is 0 Å². The van der Waals surface area contributed by atoms with Crippen LogP contribution in [0.2, 0.25) is 0 Å². The van der Waals surface area contributed by atoms with Gasteiger partial charge in [-0.25, -0.2) is 9.97 Å². The Morgan fingerprint density at radius 2 is 2.23 bits per heavy atom. The Labute approximate surface area is 131 Å². The fourth-order valence-corrected chi connectivity index (χ4v) is 3.58. The van der Waals surface area contributed by atoms with Gasteiger partial charge in [0.1, 0.15) is 6.04 Å². The predicted molar refractivity (Wildman–Crippen MR) is 85.7 cm³/mol. The van der Waals surface area contributed by atoms with Gasteiger partial charge in [0.15, 0.2) is 0 Å². The highest BCUT2D eigenvalue weighted by Crippen LogP contribution is 2.33. The largest absolute Gasteiger partial charge is 0.355 e. The van der Waals surface area contributed by atoms with Gasteiger partial charge in [-0.05, 0) is 32.3 Å². The molecule has 2 fully saturated rings. The number of nitrogens with one attached hydrogen (secondary N) is 1. The van der Waals surface area contributed by atoms with E-state index < -0.39 is 0 Å². The number of hydrogen-bond donors (Lipinski definition) is 2. The van der Waals surface area contributed by atoms with E-state index >= 15 is 0 Å². The van der Waals surface area contributed by atoms with E-state index in [1.807, 2.05) is 24.1 Å². The third-order valence-corrected chi connectivity index (χ3v) is 4.68.